The monoisotopic (exact) mass is 370 g/mol. The average molecular weight is 370 g/mol. The second kappa shape index (κ2) is 6.56. The first kappa shape index (κ1) is 18.1. The van der Waals surface area contributed by atoms with Crippen LogP contribution in [-0.4, -0.2) is 41.2 Å². The van der Waals surface area contributed by atoms with Crippen molar-refractivity contribution in [1.82, 2.24) is 0 Å². The van der Waals surface area contributed by atoms with Crippen molar-refractivity contribution in [2.45, 2.75) is 5.41 Å². The second-order valence-electron chi connectivity index (χ2n) is 5.85. The van der Waals surface area contributed by atoms with Gasteiger partial charge in [0.25, 0.3) is 0 Å². The van der Waals surface area contributed by atoms with Crippen molar-refractivity contribution >= 4 is 23.9 Å². The summed E-state index contributed by atoms with van der Waals surface area (Å²) in [5.74, 6) is -8.81. The molecule has 8 heteroatoms. The van der Waals surface area contributed by atoms with Crippen molar-refractivity contribution < 1.29 is 38.9 Å². The Morgan fingerprint density at radius 2 is 1.63 bits per heavy atom. The van der Waals surface area contributed by atoms with Crippen LogP contribution in [0.2, 0.25) is 0 Å². The first-order chi connectivity index (χ1) is 12.9. The molecule has 138 valence electrons. The number of benzene rings is 2. The van der Waals surface area contributed by atoms with Gasteiger partial charge in [-0.3, -0.25) is 14.4 Å². The van der Waals surface area contributed by atoms with Crippen molar-refractivity contribution in [2.24, 2.45) is 5.92 Å². The fourth-order valence-electron chi connectivity index (χ4n) is 3.31. The number of methoxy groups -OCH3 is 1. The van der Waals surface area contributed by atoms with E-state index in [2.05, 4.69) is 4.74 Å². The third kappa shape index (κ3) is 2.53. The number of rotatable bonds is 5. The highest BCUT2D eigenvalue weighted by molar-refractivity contribution is 6.18. The van der Waals surface area contributed by atoms with Gasteiger partial charge in [0.05, 0.1) is 7.11 Å². The van der Waals surface area contributed by atoms with Crippen molar-refractivity contribution in [3.8, 4) is 16.9 Å². The van der Waals surface area contributed by atoms with E-state index in [0.717, 1.165) is 7.11 Å². The first-order valence-corrected chi connectivity index (χ1v) is 7.81. The maximum atomic E-state index is 12.7. The zero-order valence-electron chi connectivity index (χ0n) is 14.0. The fraction of sp³-hybridized carbons (Fsp3) is 0.158. The minimum Gasteiger partial charge on any atom is -0.481 e. The smallest absolute Gasteiger partial charge is 0.335 e. The lowest BCUT2D eigenvalue weighted by atomic mass is 9.70. The van der Waals surface area contributed by atoms with Crippen LogP contribution in [0.25, 0.3) is 11.1 Å². The van der Waals surface area contributed by atoms with Crippen LogP contribution in [0.3, 0.4) is 0 Å². The van der Waals surface area contributed by atoms with Crippen LogP contribution in [0.4, 0.5) is 0 Å². The third-order valence-electron chi connectivity index (χ3n) is 4.48. The Morgan fingerprint density at radius 3 is 2.19 bits per heavy atom. The van der Waals surface area contributed by atoms with Gasteiger partial charge in [0.1, 0.15) is 5.75 Å². The van der Waals surface area contributed by atoms with Crippen LogP contribution in [-0.2, 0) is 29.3 Å². The summed E-state index contributed by atoms with van der Waals surface area (Å²) in [5.41, 5.74) is -1.74. The zero-order valence-corrected chi connectivity index (χ0v) is 14.0. The molecule has 3 rings (SSSR count). The predicted molar refractivity (Wildman–Crippen MR) is 90.0 cm³/mol. The van der Waals surface area contributed by atoms with E-state index in [9.17, 15) is 29.4 Å². The topological polar surface area (TPSA) is 127 Å². The molecule has 2 aromatic rings. The molecule has 1 aliphatic heterocycles. The van der Waals surface area contributed by atoms with Gasteiger partial charge in [0, 0.05) is 11.1 Å². The number of carboxylic acid groups (broad SMARTS) is 2. The lowest BCUT2D eigenvalue weighted by Crippen LogP contribution is -2.54. The molecule has 8 nitrogen and oxygen atoms in total. The summed E-state index contributed by atoms with van der Waals surface area (Å²) in [6.07, 6.45) is 0. The van der Waals surface area contributed by atoms with E-state index in [-0.39, 0.29) is 11.3 Å². The quantitative estimate of drug-likeness (QED) is 0.460. The lowest BCUT2D eigenvalue weighted by molar-refractivity contribution is -0.173. The average Bonchev–Trinajstić information content (AvgIpc) is 2.94. The highest BCUT2D eigenvalue weighted by atomic mass is 16.6. The molecule has 2 N–H and O–H groups in total. The normalized spacial score (nSPS) is 17.9. The van der Waals surface area contributed by atoms with Gasteiger partial charge in [0.2, 0.25) is 5.41 Å². The summed E-state index contributed by atoms with van der Waals surface area (Å²) in [7, 11) is 0.942. The Morgan fingerprint density at radius 1 is 1.00 bits per heavy atom. The number of hydrogen-bond acceptors (Lipinski definition) is 6. The highest BCUT2D eigenvalue weighted by Gasteiger charge is 2.67. The van der Waals surface area contributed by atoms with Crippen LogP contribution < -0.4 is 4.74 Å². The number of hydrogen-bond donors (Lipinski definition) is 2. The third-order valence-corrected chi connectivity index (χ3v) is 4.48. The Hall–Kier alpha value is -3.68. The molecule has 0 amide bonds. The van der Waals surface area contributed by atoms with Gasteiger partial charge in [-0.2, -0.15) is 0 Å². The molecule has 0 fully saturated rings. The van der Waals surface area contributed by atoms with E-state index >= 15 is 0 Å². The van der Waals surface area contributed by atoms with Gasteiger partial charge >= 0.3 is 23.9 Å². The summed E-state index contributed by atoms with van der Waals surface area (Å²) in [4.78, 5) is 48.6. The summed E-state index contributed by atoms with van der Waals surface area (Å²) >= 11 is 0. The lowest BCUT2D eigenvalue weighted by Gasteiger charge is -2.26. The van der Waals surface area contributed by atoms with Crippen LogP contribution >= 0.6 is 0 Å². The van der Waals surface area contributed by atoms with E-state index in [1.807, 2.05) is 0 Å². The zero-order chi connectivity index (χ0) is 19.8. The van der Waals surface area contributed by atoms with Crippen molar-refractivity contribution in [2.75, 3.05) is 7.11 Å². The summed E-state index contributed by atoms with van der Waals surface area (Å²) in [5, 5.41) is 18.9. The van der Waals surface area contributed by atoms with E-state index in [1.54, 1.807) is 36.4 Å². The molecule has 1 aliphatic rings. The number of carbonyl (C=O) groups is 4. The molecule has 0 saturated heterocycles. The van der Waals surface area contributed by atoms with Crippen LogP contribution in [0, 0.1) is 5.92 Å². The number of aliphatic carboxylic acids is 2. The molecule has 2 aromatic carbocycles. The van der Waals surface area contributed by atoms with Gasteiger partial charge in [-0.25, -0.2) is 4.79 Å². The molecule has 1 heterocycles. The number of ether oxygens (including phenoxy) is 2. The van der Waals surface area contributed by atoms with Gasteiger partial charge < -0.3 is 19.7 Å². The van der Waals surface area contributed by atoms with E-state index in [4.69, 9.17) is 4.74 Å². The molecule has 0 aromatic heterocycles. The number of fused-ring (bicyclic) bond motifs is 1. The number of carboxylic acids is 2. The summed E-state index contributed by atoms with van der Waals surface area (Å²) in [6.45, 7) is 0. The SMILES string of the molecule is COC(=O)C1(C(C(=O)O)C(=O)O)C(=O)Oc2c(-c3ccccc3)cccc21. The number of esters is 2. The molecule has 0 radical (unpaired) electrons. The second-order valence-corrected chi connectivity index (χ2v) is 5.85. The van der Waals surface area contributed by atoms with Crippen molar-refractivity contribution in [3.05, 3.63) is 54.1 Å². The number of carbonyl (C=O) groups excluding carboxylic acids is 2. The summed E-state index contributed by atoms with van der Waals surface area (Å²) in [6, 6.07) is 13.1. The van der Waals surface area contributed by atoms with E-state index < -0.39 is 35.2 Å². The Balaban J connectivity index is 2.34. The first-order valence-electron chi connectivity index (χ1n) is 7.81. The minimum absolute atomic E-state index is 0.0633. The molecule has 0 bridgehead atoms. The Labute approximate surface area is 152 Å². The molecule has 1 unspecified atom stereocenters. The van der Waals surface area contributed by atoms with Crippen LogP contribution in [0.5, 0.6) is 5.75 Å². The molecule has 0 aliphatic carbocycles. The van der Waals surface area contributed by atoms with Crippen LogP contribution in [0.1, 0.15) is 5.56 Å². The number of para-hydroxylation sites is 1. The standard InChI is InChI=1S/C19H14O8/c1-26-17(24)19(13(15(20)21)16(22)23)12-9-5-8-11(14(12)27-18(19)25)10-6-3-2-4-7-10/h2-9,13H,1H3,(H,20,21)(H,22,23). The molecular formula is C19H14O8. The largest absolute Gasteiger partial charge is 0.481 e. The fourth-order valence-corrected chi connectivity index (χ4v) is 3.31. The van der Waals surface area contributed by atoms with E-state index in [0.29, 0.717) is 11.1 Å². The van der Waals surface area contributed by atoms with Crippen molar-refractivity contribution in [1.29, 1.82) is 0 Å². The van der Waals surface area contributed by atoms with Crippen molar-refractivity contribution in [3.63, 3.8) is 0 Å². The Kier molecular flexibility index (Phi) is 4.40. The summed E-state index contributed by atoms with van der Waals surface area (Å²) < 4.78 is 9.87. The Bertz CT molecular complexity index is 935. The van der Waals surface area contributed by atoms with Gasteiger partial charge in [-0.05, 0) is 5.56 Å². The predicted octanol–water partition coefficient (Wildman–Crippen LogP) is 1.47. The maximum absolute atomic E-state index is 12.7. The molecule has 27 heavy (non-hydrogen) atoms. The van der Waals surface area contributed by atoms with E-state index in [1.165, 1.54) is 12.1 Å². The van der Waals surface area contributed by atoms with Gasteiger partial charge in [-0.1, -0.05) is 48.5 Å². The minimum atomic E-state index is -2.65. The molecular weight excluding hydrogens is 356 g/mol. The van der Waals surface area contributed by atoms with Crippen LogP contribution in [0.15, 0.2) is 48.5 Å². The highest BCUT2D eigenvalue weighted by Crippen LogP contribution is 2.49. The molecule has 0 spiro atoms. The maximum Gasteiger partial charge on any atom is 0.335 e. The molecule has 0 saturated carbocycles. The van der Waals surface area contributed by atoms with Gasteiger partial charge in [-0.15, -0.1) is 0 Å². The van der Waals surface area contributed by atoms with Gasteiger partial charge in [0.15, 0.2) is 5.92 Å². The molecule has 1 atom stereocenters.